The Morgan fingerprint density at radius 2 is 2.00 bits per heavy atom. The summed E-state index contributed by atoms with van der Waals surface area (Å²) >= 11 is 13.2. The lowest BCUT2D eigenvalue weighted by molar-refractivity contribution is 0.627. The summed E-state index contributed by atoms with van der Waals surface area (Å²) in [6, 6.07) is 6.11. The van der Waals surface area contributed by atoms with E-state index in [0.717, 1.165) is 20.3 Å². The molecule has 5 heteroatoms. The van der Waals surface area contributed by atoms with Gasteiger partial charge in [-0.3, -0.25) is 0 Å². The second-order valence-corrected chi connectivity index (χ2v) is 5.85. The number of halogens is 3. The van der Waals surface area contributed by atoms with Gasteiger partial charge < -0.3 is 5.73 Å². The Balaban J connectivity index is 2.36. The van der Waals surface area contributed by atoms with Crippen molar-refractivity contribution in [3.05, 3.63) is 55.4 Å². The molecule has 0 saturated heterocycles. The highest BCUT2D eigenvalue weighted by atomic mass is 35.5. The lowest BCUT2D eigenvalue weighted by Gasteiger charge is -2.10. The summed E-state index contributed by atoms with van der Waals surface area (Å²) in [5.74, 6) is -0.442. The number of hydrogen-bond donors (Lipinski definition) is 1. The Kier molecular flexibility index (Phi) is 3.73. The minimum Gasteiger partial charge on any atom is -0.320 e. The van der Waals surface area contributed by atoms with Gasteiger partial charge in [-0.2, -0.15) is 0 Å². The van der Waals surface area contributed by atoms with Gasteiger partial charge >= 0.3 is 0 Å². The van der Waals surface area contributed by atoms with Crippen LogP contribution < -0.4 is 5.73 Å². The second kappa shape index (κ2) is 4.94. The molecule has 0 aliphatic heterocycles. The molecule has 1 aromatic heterocycles. The first-order valence-electron chi connectivity index (χ1n) is 4.95. The summed E-state index contributed by atoms with van der Waals surface area (Å²) in [5.41, 5.74) is 7.86. The van der Waals surface area contributed by atoms with Gasteiger partial charge in [0.2, 0.25) is 0 Å². The molecular weight excluding hydrogens is 280 g/mol. The van der Waals surface area contributed by atoms with Gasteiger partial charge in [0.25, 0.3) is 0 Å². The fourth-order valence-corrected chi connectivity index (χ4v) is 2.94. The predicted molar refractivity (Wildman–Crippen MR) is 71.5 cm³/mol. The minimum absolute atomic E-state index is 0.0809. The third-order valence-electron chi connectivity index (χ3n) is 2.49. The molecule has 2 rings (SSSR count). The Morgan fingerprint density at radius 1 is 1.29 bits per heavy atom. The van der Waals surface area contributed by atoms with Crippen molar-refractivity contribution >= 4 is 34.5 Å². The standard InChI is InChI=1S/C12H10Cl2FNS/c1-6-4-10(17-12(6)14)11(16)7-2-3-9(15)8(13)5-7/h2-5,11H,16H2,1H3. The number of nitrogens with two attached hydrogens (primary N) is 1. The van der Waals surface area contributed by atoms with Crippen molar-refractivity contribution in [3.63, 3.8) is 0 Å². The van der Waals surface area contributed by atoms with E-state index in [0.29, 0.717) is 0 Å². The summed E-state index contributed by atoms with van der Waals surface area (Å²) in [6.07, 6.45) is 0. The van der Waals surface area contributed by atoms with Crippen molar-refractivity contribution < 1.29 is 4.39 Å². The lowest BCUT2D eigenvalue weighted by Crippen LogP contribution is -2.10. The smallest absolute Gasteiger partial charge is 0.141 e. The molecule has 1 atom stereocenters. The van der Waals surface area contributed by atoms with E-state index in [-0.39, 0.29) is 11.1 Å². The van der Waals surface area contributed by atoms with Crippen molar-refractivity contribution in [1.29, 1.82) is 0 Å². The lowest BCUT2D eigenvalue weighted by atomic mass is 10.1. The molecule has 0 radical (unpaired) electrons. The molecule has 2 N–H and O–H groups in total. The molecule has 17 heavy (non-hydrogen) atoms. The fourth-order valence-electron chi connectivity index (χ4n) is 1.51. The van der Waals surface area contributed by atoms with E-state index in [2.05, 4.69) is 0 Å². The van der Waals surface area contributed by atoms with Gasteiger partial charge in [-0.25, -0.2) is 4.39 Å². The zero-order valence-electron chi connectivity index (χ0n) is 9.01. The number of rotatable bonds is 2. The monoisotopic (exact) mass is 289 g/mol. The summed E-state index contributed by atoms with van der Waals surface area (Å²) in [7, 11) is 0. The number of hydrogen-bond acceptors (Lipinski definition) is 2. The third-order valence-corrected chi connectivity index (χ3v) is 4.41. The maximum Gasteiger partial charge on any atom is 0.141 e. The first kappa shape index (κ1) is 12.8. The van der Waals surface area contributed by atoms with Crippen LogP contribution in [-0.2, 0) is 0 Å². The third kappa shape index (κ3) is 2.63. The Hall–Kier alpha value is -0.610. The van der Waals surface area contributed by atoms with Crippen molar-refractivity contribution in [3.8, 4) is 0 Å². The fraction of sp³-hybridized carbons (Fsp3) is 0.167. The van der Waals surface area contributed by atoms with Crippen LogP contribution in [0.1, 0.15) is 22.0 Å². The van der Waals surface area contributed by atoms with Gasteiger partial charge in [-0.05, 0) is 36.2 Å². The van der Waals surface area contributed by atoms with Crippen LogP contribution in [0.4, 0.5) is 4.39 Å². The zero-order valence-corrected chi connectivity index (χ0v) is 11.3. The van der Waals surface area contributed by atoms with Crippen LogP contribution in [0.5, 0.6) is 0 Å². The molecule has 1 heterocycles. The number of aryl methyl sites for hydroxylation is 1. The average Bonchev–Trinajstić information content (AvgIpc) is 2.62. The highest BCUT2D eigenvalue weighted by Gasteiger charge is 2.14. The molecule has 2 aromatic rings. The van der Waals surface area contributed by atoms with Gasteiger partial charge in [0, 0.05) is 4.88 Å². The number of benzene rings is 1. The van der Waals surface area contributed by atoms with Crippen LogP contribution in [0.2, 0.25) is 9.36 Å². The quantitative estimate of drug-likeness (QED) is 0.862. The molecule has 0 bridgehead atoms. The van der Waals surface area contributed by atoms with E-state index in [4.69, 9.17) is 28.9 Å². The summed E-state index contributed by atoms with van der Waals surface area (Å²) in [4.78, 5) is 0.940. The minimum atomic E-state index is -0.442. The van der Waals surface area contributed by atoms with Crippen molar-refractivity contribution in [1.82, 2.24) is 0 Å². The van der Waals surface area contributed by atoms with Crippen molar-refractivity contribution in [2.45, 2.75) is 13.0 Å². The van der Waals surface area contributed by atoms with E-state index in [1.807, 2.05) is 13.0 Å². The van der Waals surface area contributed by atoms with Crippen molar-refractivity contribution in [2.75, 3.05) is 0 Å². The molecular formula is C12H10Cl2FNS. The molecule has 1 unspecified atom stereocenters. The molecule has 0 saturated carbocycles. The van der Waals surface area contributed by atoms with Crippen LogP contribution in [-0.4, -0.2) is 0 Å². The van der Waals surface area contributed by atoms with Crippen LogP contribution >= 0.6 is 34.5 Å². The van der Waals surface area contributed by atoms with Gasteiger partial charge in [-0.1, -0.05) is 29.3 Å². The Bertz CT molecular complexity index is 534. The van der Waals surface area contributed by atoms with E-state index < -0.39 is 5.82 Å². The highest BCUT2D eigenvalue weighted by Crippen LogP contribution is 2.33. The first-order chi connectivity index (χ1) is 7.99. The maximum atomic E-state index is 13.0. The average molecular weight is 290 g/mol. The van der Waals surface area contributed by atoms with E-state index in [9.17, 15) is 4.39 Å². The molecule has 0 aliphatic carbocycles. The molecule has 0 fully saturated rings. The van der Waals surface area contributed by atoms with E-state index in [1.54, 1.807) is 12.1 Å². The normalized spacial score (nSPS) is 12.8. The highest BCUT2D eigenvalue weighted by molar-refractivity contribution is 7.16. The van der Waals surface area contributed by atoms with Crippen LogP contribution in [0, 0.1) is 12.7 Å². The Labute approximate surface area is 113 Å². The van der Waals surface area contributed by atoms with Gasteiger partial charge in [0.15, 0.2) is 0 Å². The van der Waals surface area contributed by atoms with Crippen molar-refractivity contribution in [2.24, 2.45) is 5.73 Å². The second-order valence-electron chi connectivity index (χ2n) is 3.76. The first-order valence-corrected chi connectivity index (χ1v) is 6.52. The summed E-state index contributed by atoms with van der Waals surface area (Å²) < 4.78 is 13.8. The van der Waals surface area contributed by atoms with Crippen LogP contribution in [0.25, 0.3) is 0 Å². The van der Waals surface area contributed by atoms with Gasteiger partial charge in [0.05, 0.1) is 15.4 Å². The summed E-state index contributed by atoms with van der Waals surface area (Å²) in [6.45, 7) is 1.92. The topological polar surface area (TPSA) is 26.0 Å². The molecule has 1 aromatic carbocycles. The van der Waals surface area contributed by atoms with E-state index in [1.165, 1.54) is 17.4 Å². The predicted octanol–water partition coefficient (Wildman–Crippen LogP) is 4.55. The Morgan fingerprint density at radius 3 is 2.53 bits per heavy atom. The number of thiophene rings is 1. The van der Waals surface area contributed by atoms with Crippen LogP contribution in [0.15, 0.2) is 24.3 Å². The molecule has 90 valence electrons. The molecule has 0 amide bonds. The molecule has 0 aliphatic rings. The molecule has 1 nitrogen and oxygen atoms in total. The summed E-state index contributed by atoms with van der Waals surface area (Å²) in [5, 5.41) is 0.0809. The largest absolute Gasteiger partial charge is 0.320 e. The SMILES string of the molecule is Cc1cc(C(N)c2ccc(F)c(Cl)c2)sc1Cl. The van der Waals surface area contributed by atoms with E-state index >= 15 is 0 Å². The maximum absolute atomic E-state index is 13.0. The van der Waals surface area contributed by atoms with Crippen LogP contribution in [0.3, 0.4) is 0 Å². The van der Waals surface area contributed by atoms with Gasteiger partial charge in [-0.15, -0.1) is 11.3 Å². The zero-order chi connectivity index (χ0) is 12.6. The molecule has 0 spiro atoms. The van der Waals surface area contributed by atoms with Gasteiger partial charge in [0.1, 0.15) is 5.82 Å².